The maximum absolute atomic E-state index is 15.0. The molecule has 0 saturated carbocycles. The molecule has 296 valence electrons. The van der Waals surface area contributed by atoms with Crippen LogP contribution in [0.1, 0.15) is 95.1 Å². The number of nitrogens with zero attached hydrogens (tertiary/aromatic N) is 3. The number of fused-ring (bicyclic) bond motifs is 1. The maximum Gasteiger partial charge on any atom is 0.366 e. The molecule has 2 amide bonds. The predicted molar refractivity (Wildman–Crippen MR) is 231 cm³/mol. The number of thiophene rings is 1. The van der Waals surface area contributed by atoms with Gasteiger partial charge in [0.1, 0.15) is 11.4 Å². The van der Waals surface area contributed by atoms with E-state index < -0.39 is 12.9 Å². The van der Waals surface area contributed by atoms with Gasteiger partial charge in [0.15, 0.2) is 0 Å². The fraction of sp³-hybridized carbons (Fsp3) is 0.340. The Balaban J connectivity index is 1.47. The lowest BCUT2D eigenvalue weighted by atomic mass is 9.97. The maximum atomic E-state index is 15.0. The van der Waals surface area contributed by atoms with Gasteiger partial charge in [0.25, 0.3) is 11.8 Å². The van der Waals surface area contributed by atoms with Crippen LogP contribution in [0.2, 0.25) is 0 Å². The fourth-order valence-electron chi connectivity index (χ4n) is 7.84. The largest absolute Gasteiger partial charge is 0.366 e. The highest BCUT2D eigenvalue weighted by Gasteiger charge is 2.49. The van der Waals surface area contributed by atoms with Crippen molar-refractivity contribution in [3.05, 3.63) is 123 Å². The Morgan fingerprint density at radius 3 is 1.58 bits per heavy atom. The number of hydrogen-bond acceptors (Lipinski definition) is 5. The molecule has 0 radical (unpaired) electrons. The summed E-state index contributed by atoms with van der Waals surface area (Å²) in [4.78, 5) is 54.3. The van der Waals surface area contributed by atoms with Gasteiger partial charge in [-0.25, -0.2) is 0 Å². The molecule has 4 aromatic rings. The average Bonchev–Trinajstić information content (AvgIpc) is 3.89. The first kappa shape index (κ1) is 41.8. The Bertz CT molecular complexity index is 2260. The zero-order valence-corrected chi connectivity index (χ0v) is 35.0. The van der Waals surface area contributed by atoms with E-state index in [4.69, 9.17) is 0 Å². The van der Waals surface area contributed by atoms with Crippen LogP contribution in [0.15, 0.2) is 107 Å². The van der Waals surface area contributed by atoms with Crippen LogP contribution in [0.3, 0.4) is 0 Å². The Labute approximate surface area is 341 Å². The van der Waals surface area contributed by atoms with Crippen LogP contribution in [0.4, 0.5) is 0 Å². The first-order chi connectivity index (χ1) is 27.5. The molecule has 0 bridgehead atoms. The van der Waals surface area contributed by atoms with Gasteiger partial charge in [-0.2, -0.15) is 5.26 Å². The summed E-state index contributed by atoms with van der Waals surface area (Å²) in [7, 11) is -4.69. The van der Waals surface area contributed by atoms with Gasteiger partial charge in [-0.1, -0.05) is 145 Å². The molecule has 6 rings (SSSR count). The highest BCUT2D eigenvalue weighted by Crippen LogP contribution is 2.49. The number of allylic oxidation sites excluding steroid dienone is 1. The molecule has 8 nitrogen and oxygen atoms in total. The van der Waals surface area contributed by atoms with E-state index in [-0.39, 0.29) is 23.7 Å². The van der Waals surface area contributed by atoms with Gasteiger partial charge in [0.2, 0.25) is 0 Å². The van der Waals surface area contributed by atoms with E-state index in [0.29, 0.717) is 40.5 Å². The first-order valence-corrected chi connectivity index (χ1v) is 22.6. The van der Waals surface area contributed by atoms with Crippen molar-refractivity contribution >= 4 is 48.2 Å². The highest BCUT2D eigenvalue weighted by atomic mass is 32.1. The molecule has 2 aliphatic heterocycles. The smallest absolute Gasteiger partial charge is 0.321 e. The van der Waals surface area contributed by atoms with E-state index in [1.807, 2.05) is 70.5 Å². The molecule has 1 aromatic heterocycles. The van der Waals surface area contributed by atoms with Crippen molar-refractivity contribution in [3.63, 3.8) is 0 Å². The Hall–Kier alpha value is -4.84. The number of carbonyl (C=O) groups excluding carboxylic acids is 2. The third-order valence-corrected chi connectivity index (χ3v) is 13.1. The fourth-order valence-corrected chi connectivity index (χ4v) is 9.32. The van der Waals surface area contributed by atoms with E-state index in [1.165, 1.54) is 17.4 Å². The monoisotopic (exact) mass is 801 g/mol. The molecule has 0 aliphatic carbocycles. The van der Waals surface area contributed by atoms with Gasteiger partial charge in [-0.15, -0.1) is 11.3 Å². The second kappa shape index (κ2) is 18.6. The number of carbonyl (C=O) groups is 2. The van der Waals surface area contributed by atoms with Crippen LogP contribution < -0.4 is 0 Å². The number of rotatable bonds is 18. The van der Waals surface area contributed by atoms with Gasteiger partial charge < -0.3 is 19.6 Å². The summed E-state index contributed by atoms with van der Waals surface area (Å²) in [6.45, 7) is 9.76. The van der Waals surface area contributed by atoms with Crippen molar-refractivity contribution < 1.29 is 23.9 Å². The second-order valence-corrected chi connectivity index (χ2v) is 17.7. The summed E-state index contributed by atoms with van der Waals surface area (Å²) in [6, 6.07) is 31.4. The molecule has 3 aromatic carbocycles. The van der Waals surface area contributed by atoms with Crippen molar-refractivity contribution in [2.45, 2.75) is 79.1 Å². The van der Waals surface area contributed by atoms with E-state index in [2.05, 4.69) is 52.0 Å². The molecule has 10 heteroatoms. The zero-order valence-electron chi connectivity index (χ0n) is 33.3. The first-order valence-electron chi connectivity index (χ1n) is 20.2. The van der Waals surface area contributed by atoms with E-state index in [0.717, 1.165) is 84.1 Å². The van der Waals surface area contributed by atoms with Crippen LogP contribution in [-0.2, 0) is 14.2 Å². The summed E-state index contributed by atoms with van der Waals surface area (Å²) in [5, 5.41) is 8.70. The van der Waals surface area contributed by atoms with E-state index >= 15 is 9.59 Å². The highest BCUT2D eigenvalue weighted by molar-refractivity contribution is 7.57. The van der Waals surface area contributed by atoms with Crippen LogP contribution >= 0.6 is 18.9 Å². The molecule has 0 saturated heterocycles. The minimum absolute atomic E-state index is 0.133. The van der Waals surface area contributed by atoms with Crippen molar-refractivity contribution in [1.29, 1.82) is 5.26 Å². The van der Waals surface area contributed by atoms with Gasteiger partial charge in [-0.3, -0.25) is 14.2 Å². The third kappa shape index (κ3) is 9.16. The molecule has 0 spiro atoms. The van der Waals surface area contributed by atoms with Gasteiger partial charge in [0.05, 0.1) is 22.5 Å². The molecule has 3 heterocycles. The zero-order chi connectivity index (χ0) is 40.7. The van der Waals surface area contributed by atoms with Gasteiger partial charge in [-0.05, 0) is 70.7 Å². The SMILES string of the molecule is CCCCC(CC)CN1C(=O)C2=C(c3ccc(-c4ccc(/C=C(\C#N)P(=O)(O)O)s4)cc3)N(CC(CC)CCCC)C(=O)C2=C1c1ccc(-c2ccccc2)cc1. The summed E-state index contributed by atoms with van der Waals surface area (Å²) < 4.78 is 11.7. The van der Waals surface area contributed by atoms with Crippen LogP contribution in [0.25, 0.3) is 39.0 Å². The molecule has 57 heavy (non-hydrogen) atoms. The number of unbranched alkanes of at least 4 members (excludes halogenated alkanes) is 2. The molecule has 2 N–H and O–H groups in total. The topological polar surface area (TPSA) is 122 Å². The van der Waals surface area contributed by atoms with E-state index in [1.54, 1.807) is 12.1 Å². The normalized spacial score (nSPS) is 15.8. The Morgan fingerprint density at radius 2 is 1.14 bits per heavy atom. The molecule has 0 fully saturated rings. The summed E-state index contributed by atoms with van der Waals surface area (Å²) in [5.74, 6) is 0.292. The lowest BCUT2D eigenvalue weighted by Gasteiger charge is -2.29. The van der Waals surface area contributed by atoms with Gasteiger partial charge in [0, 0.05) is 22.8 Å². The summed E-state index contributed by atoms with van der Waals surface area (Å²) >= 11 is 1.31. The molecule has 2 aliphatic rings. The number of amides is 2. The van der Waals surface area contributed by atoms with Crippen molar-refractivity contribution in [2.75, 3.05) is 13.1 Å². The van der Waals surface area contributed by atoms with Crippen LogP contribution in [-0.4, -0.2) is 44.5 Å². The van der Waals surface area contributed by atoms with Crippen molar-refractivity contribution in [2.24, 2.45) is 11.8 Å². The standard InChI is InChI=1S/C47H52N3O5PS/c1-5-9-14-32(7-3)30-49-44(37-22-18-35(19-23-37)34-16-12-11-13-17-34)42-43(47(49)52)45(50(46(42)51)31-33(8-4)15-10-6-2)38-24-20-36(21-25-38)41-27-26-40(57-41)28-39(29-48)56(53,54)55/h11-13,16-28,32-33H,5-10,14-15,30-31H2,1-4H3,(H2,53,54,55)/b39-28+. The lowest BCUT2D eigenvalue weighted by molar-refractivity contribution is -0.124. The van der Waals surface area contributed by atoms with Crippen LogP contribution in [0.5, 0.6) is 0 Å². The predicted octanol–water partition coefficient (Wildman–Crippen LogP) is 11.4. The third-order valence-electron chi connectivity index (χ3n) is 11.2. The van der Waals surface area contributed by atoms with Crippen molar-refractivity contribution in [3.8, 4) is 27.6 Å². The minimum atomic E-state index is -4.69. The quantitative estimate of drug-likeness (QED) is 0.0763. The van der Waals surface area contributed by atoms with Crippen LogP contribution in [0, 0.1) is 23.2 Å². The van der Waals surface area contributed by atoms with E-state index in [9.17, 15) is 19.6 Å². The van der Waals surface area contributed by atoms with Gasteiger partial charge >= 0.3 is 7.60 Å². The second-order valence-electron chi connectivity index (χ2n) is 15.0. The molecular weight excluding hydrogens is 750 g/mol. The summed E-state index contributed by atoms with van der Waals surface area (Å²) in [5.41, 5.74) is 6.95. The Morgan fingerprint density at radius 1 is 0.684 bits per heavy atom. The van der Waals surface area contributed by atoms with Crippen molar-refractivity contribution in [1.82, 2.24) is 9.80 Å². The molecule has 2 unspecified atom stereocenters. The molecule has 2 atom stereocenters. The average molecular weight is 802 g/mol. The number of nitriles is 1. The number of benzene rings is 3. The number of hydrogen-bond donors (Lipinski definition) is 2. The molecular formula is C47H52N3O5PS. The lowest BCUT2D eigenvalue weighted by Crippen LogP contribution is -2.34. The summed E-state index contributed by atoms with van der Waals surface area (Å²) in [6.07, 6.45) is 9.35. The Kier molecular flexibility index (Phi) is 13.6. The minimum Gasteiger partial charge on any atom is -0.321 e.